The fraction of sp³-hybridized carbons (Fsp3) is 0.700. The molecule has 0 amide bonds. The molecule has 0 saturated heterocycles. The van der Waals surface area contributed by atoms with Crippen LogP contribution in [0.4, 0.5) is 0 Å². The summed E-state index contributed by atoms with van der Waals surface area (Å²) in [5.74, 6) is 0. The number of rotatable bonds is 0. The Bertz CT molecular complexity index is 258. The molecule has 2 nitrogen and oxygen atoms in total. The van der Waals surface area contributed by atoms with E-state index in [0.29, 0.717) is 0 Å². The lowest BCUT2D eigenvalue weighted by Gasteiger charge is -2.32. The molecule has 0 aromatic heterocycles. The highest BCUT2D eigenvalue weighted by molar-refractivity contribution is 5.36. The maximum absolute atomic E-state index is 9.50. The molecule has 0 heterocycles. The SMILES string of the molecule is CC1=C(C#N)C(C)(C)CC[13CH]1O. The second kappa shape index (κ2) is 2.91. The van der Waals surface area contributed by atoms with E-state index in [0.717, 1.165) is 24.0 Å². The van der Waals surface area contributed by atoms with Gasteiger partial charge in [0.25, 0.3) is 0 Å². The van der Waals surface area contributed by atoms with Crippen LogP contribution in [0, 0.1) is 16.7 Å². The second-order valence-electron chi connectivity index (χ2n) is 4.11. The molecule has 0 fully saturated rings. The molecule has 1 rings (SSSR count). The summed E-state index contributed by atoms with van der Waals surface area (Å²) in [6.07, 6.45) is 1.28. The van der Waals surface area contributed by atoms with Crippen molar-refractivity contribution >= 4 is 0 Å². The first-order valence-corrected chi connectivity index (χ1v) is 4.28. The van der Waals surface area contributed by atoms with Gasteiger partial charge in [-0.1, -0.05) is 13.8 Å². The molecule has 1 aliphatic rings. The first-order valence-electron chi connectivity index (χ1n) is 4.28. The van der Waals surface area contributed by atoms with Crippen LogP contribution in [0.2, 0.25) is 0 Å². The van der Waals surface area contributed by atoms with Crippen LogP contribution < -0.4 is 0 Å². The van der Waals surface area contributed by atoms with E-state index in [9.17, 15) is 5.11 Å². The van der Waals surface area contributed by atoms with Gasteiger partial charge >= 0.3 is 0 Å². The zero-order valence-electron chi connectivity index (χ0n) is 7.89. The molecule has 2 heteroatoms. The largest absolute Gasteiger partial charge is 0.389 e. The molecule has 0 aliphatic heterocycles. The lowest BCUT2D eigenvalue weighted by molar-refractivity contribution is 0.163. The van der Waals surface area contributed by atoms with E-state index in [1.165, 1.54) is 0 Å². The summed E-state index contributed by atoms with van der Waals surface area (Å²) in [6, 6.07) is 2.19. The van der Waals surface area contributed by atoms with Gasteiger partial charge in [0, 0.05) is 5.57 Å². The van der Waals surface area contributed by atoms with Gasteiger partial charge < -0.3 is 5.11 Å². The molecule has 0 aromatic carbocycles. The Labute approximate surface area is 73.5 Å². The molecular weight excluding hydrogens is 151 g/mol. The van der Waals surface area contributed by atoms with Crippen molar-refractivity contribution in [3.05, 3.63) is 11.1 Å². The minimum Gasteiger partial charge on any atom is -0.389 e. The van der Waals surface area contributed by atoms with E-state index in [2.05, 4.69) is 19.9 Å². The lowest BCUT2D eigenvalue weighted by atomic mass is 9.77. The van der Waals surface area contributed by atoms with Crippen molar-refractivity contribution in [2.24, 2.45) is 5.41 Å². The van der Waals surface area contributed by atoms with Crippen molar-refractivity contribution in [2.75, 3.05) is 0 Å². The summed E-state index contributed by atoms with van der Waals surface area (Å²) >= 11 is 0. The number of allylic oxidation sites excluding steroid dienone is 1. The zero-order chi connectivity index (χ0) is 9.35. The van der Waals surface area contributed by atoms with E-state index in [-0.39, 0.29) is 5.41 Å². The Hall–Kier alpha value is -0.810. The van der Waals surface area contributed by atoms with Crippen LogP contribution in [0.25, 0.3) is 0 Å². The van der Waals surface area contributed by atoms with Crippen molar-refractivity contribution in [2.45, 2.75) is 39.7 Å². The Morgan fingerprint density at radius 3 is 2.58 bits per heavy atom. The maximum Gasteiger partial charge on any atom is 0.0953 e. The highest BCUT2D eigenvalue weighted by Crippen LogP contribution is 2.39. The maximum atomic E-state index is 9.50. The normalized spacial score (nSPS) is 28.4. The monoisotopic (exact) mass is 166 g/mol. The van der Waals surface area contributed by atoms with Crippen LogP contribution in [0.5, 0.6) is 0 Å². The van der Waals surface area contributed by atoms with Crippen LogP contribution in [0.15, 0.2) is 11.1 Å². The average Bonchev–Trinajstić information content (AvgIpc) is 1.99. The molecule has 0 saturated carbocycles. The fourth-order valence-corrected chi connectivity index (χ4v) is 1.78. The number of aliphatic hydroxyl groups is 1. The Morgan fingerprint density at radius 2 is 2.17 bits per heavy atom. The smallest absolute Gasteiger partial charge is 0.0953 e. The molecule has 0 aromatic rings. The lowest BCUT2D eigenvalue weighted by Crippen LogP contribution is -2.27. The van der Waals surface area contributed by atoms with Crippen LogP contribution in [-0.4, -0.2) is 11.2 Å². The highest BCUT2D eigenvalue weighted by Gasteiger charge is 2.32. The van der Waals surface area contributed by atoms with Crippen molar-refractivity contribution in [3.63, 3.8) is 0 Å². The fourth-order valence-electron chi connectivity index (χ4n) is 1.78. The number of hydrogen-bond donors (Lipinski definition) is 1. The average molecular weight is 166 g/mol. The molecule has 66 valence electrons. The predicted molar refractivity (Wildman–Crippen MR) is 47.3 cm³/mol. The molecule has 0 spiro atoms. The van der Waals surface area contributed by atoms with E-state index in [1.807, 2.05) is 6.92 Å². The summed E-state index contributed by atoms with van der Waals surface area (Å²) in [5.41, 5.74) is 1.58. The van der Waals surface area contributed by atoms with Gasteiger partial charge in [-0.15, -0.1) is 0 Å². The summed E-state index contributed by atoms with van der Waals surface area (Å²) in [6.45, 7) is 5.96. The third-order valence-electron chi connectivity index (χ3n) is 2.73. The van der Waals surface area contributed by atoms with E-state index in [4.69, 9.17) is 5.26 Å². The minimum atomic E-state index is -0.396. The summed E-state index contributed by atoms with van der Waals surface area (Å²) in [7, 11) is 0. The van der Waals surface area contributed by atoms with Crippen molar-refractivity contribution < 1.29 is 5.11 Å². The van der Waals surface area contributed by atoms with Crippen LogP contribution >= 0.6 is 0 Å². The van der Waals surface area contributed by atoms with Gasteiger partial charge in [-0.2, -0.15) is 5.26 Å². The van der Waals surface area contributed by atoms with Crippen molar-refractivity contribution in [3.8, 4) is 6.07 Å². The highest BCUT2D eigenvalue weighted by atomic mass is 16.4. The van der Waals surface area contributed by atoms with Gasteiger partial charge in [0.2, 0.25) is 0 Å². The molecule has 0 bridgehead atoms. The van der Waals surface area contributed by atoms with E-state index in [1.54, 1.807) is 0 Å². The van der Waals surface area contributed by atoms with Gasteiger partial charge in [-0.05, 0) is 30.8 Å². The van der Waals surface area contributed by atoms with Gasteiger partial charge in [0.05, 0.1) is 12.2 Å². The van der Waals surface area contributed by atoms with Crippen LogP contribution in [0.1, 0.15) is 33.6 Å². The topological polar surface area (TPSA) is 44.0 Å². The van der Waals surface area contributed by atoms with Gasteiger partial charge in [0.15, 0.2) is 0 Å². The number of hydrogen-bond acceptors (Lipinski definition) is 2. The number of nitrogens with zero attached hydrogens (tertiary/aromatic N) is 1. The summed E-state index contributed by atoms with van der Waals surface area (Å²) in [4.78, 5) is 0. The third-order valence-corrected chi connectivity index (χ3v) is 2.73. The molecule has 0 radical (unpaired) electrons. The summed E-state index contributed by atoms with van der Waals surface area (Å²) in [5, 5.41) is 18.4. The molecule has 12 heavy (non-hydrogen) atoms. The Balaban J connectivity index is 3.12. The van der Waals surface area contributed by atoms with E-state index >= 15 is 0 Å². The molecule has 1 aliphatic carbocycles. The van der Waals surface area contributed by atoms with E-state index < -0.39 is 6.10 Å². The molecule has 1 atom stereocenters. The standard InChI is InChI=1S/C10H15NO/c1-7-8(6-11)10(2,3)5-4-9(7)12/h9,12H,4-5H2,1-3H3/i9+1. The zero-order valence-corrected chi connectivity index (χ0v) is 7.89. The number of nitriles is 1. The van der Waals surface area contributed by atoms with Crippen LogP contribution in [0.3, 0.4) is 0 Å². The summed E-state index contributed by atoms with van der Waals surface area (Å²) < 4.78 is 0. The first-order chi connectivity index (χ1) is 5.49. The molecular formula is C10H15NO. The van der Waals surface area contributed by atoms with Crippen LogP contribution in [-0.2, 0) is 0 Å². The first kappa shape index (κ1) is 9.28. The number of aliphatic hydroxyl groups excluding tert-OH is 1. The van der Waals surface area contributed by atoms with Gasteiger partial charge in [-0.3, -0.25) is 0 Å². The molecule has 1 unspecified atom stereocenters. The third kappa shape index (κ3) is 1.37. The molecule has 1 N–H and O–H groups in total. The Morgan fingerprint density at radius 1 is 1.58 bits per heavy atom. The van der Waals surface area contributed by atoms with Gasteiger partial charge in [0.1, 0.15) is 0 Å². The van der Waals surface area contributed by atoms with Gasteiger partial charge in [-0.25, -0.2) is 0 Å². The predicted octanol–water partition coefficient (Wildman–Crippen LogP) is 2.01. The second-order valence-corrected chi connectivity index (χ2v) is 4.11. The Kier molecular flexibility index (Phi) is 2.25. The quantitative estimate of drug-likeness (QED) is 0.559. The minimum absolute atomic E-state index is 0.0436. The van der Waals surface area contributed by atoms with Crippen molar-refractivity contribution in [1.29, 1.82) is 5.26 Å². The van der Waals surface area contributed by atoms with Crippen molar-refractivity contribution in [1.82, 2.24) is 0 Å².